The molecule has 1 rings (SSSR count). The van der Waals surface area contributed by atoms with E-state index in [1.807, 2.05) is 18.4 Å². The van der Waals surface area contributed by atoms with Crippen LogP contribution in [-0.4, -0.2) is 5.71 Å². The van der Waals surface area contributed by atoms with Crippen molar-refractivity contribution < 1.29 is 0 Å². The van der Waals surface area contributed by atoms with E-state index >= 15 is 0 Å². The van der Waals surface area contributed by atoms with E-state index in [4.69, 9.17) is 5.84 Å². The summed E-state index contributed by atoms with van der Waals surface area (Å²) in [5, 5.41) is 7.75. The summed E-state index contributed by atoms with van der Waals surface area (Å²) < 4.78 is 0. The number of hydrogen-bond acceptors (Lipinski definition) is 3. The fourth-order valence-corrected chi connectivity index (χ4v) is 1.46. The van der Waals surface area contributed by atoms with Gasteiger partial charge in [0.2, 0.25) is 0 Å². The molecule has 3 heteroatoms. The van der Waals surface area contributed by atoms with Crippen LogP contribution in [0.1, 0.15) is 18.9 Å². The molecule has 0 atom stereocenters. The second-order valence-corrected chi connectivity index (χ2v) is 2.72. The molecule has 0 aliphatic heterocycles. The van der Waals surface area contributed by atoms with Crippen molar-refractivity contribution in [1.82, 2.24) is 0 Å². The first-order chi connectivity index (χ1) is 4.88. The highest BCUT2D eigenvalue weighted by molar-refractivity contribution is 7.08. The van der Waals surface area contributed by atoms with Crippen molar-refractivity contribution in [2.75, 3.05) is 0 Å². The second-order valence-electron chi connectivity index (χ2n) is 1.94. The second kappa shape index (κ2) is 3.37. The van der Waals surface area contributed by atoms with Crippen molar-refractivity contribution in [3.8, 4) is 0 Å². The lowest BCUT2D eigenvalue weighted by molar-refractivity contribution is 1.17. The SMILES string of the molecule is CC/C(=N/N)c1ccsc1. The maximum absolute atomic E-state index is 5.17. The Morgan fingerprint density at radius 2 is 2.60 bits per heavy atom. The molecule has 2 N–H and O–H groups in total. The van der Waals surface area contributed by atoms with Crippen LogP contribution in [0.3, 0.4) is 0 Å². The molecule has 2 nitrogen and oxygen atoms in total. The summed E-state index contributed by atoms with van der Waals surface area (Å²) in [4.78, 5) is 0. The van der Waals surface area contributed by atoms with Gasteiger partial charge in [-0.3, -0.25) is 0 Å². The minimum Gasteiger partial charge on any atom is -0.323 e. The lowest BCUT2D eigenvalue weighted by Crippen LogP contribution is -2.00. The summed E-state index contributed by atoms with van der Waals surface area (Å²) >= 11 is 1.66. The molecule has 0 fully saturated rings. The van der Waals surface area contributed by atoms with Gasteiger partial charge in [-0.2, -0.15) is 16.4 Å². The molecular weight excluding hydrogens is 144 g/mol. The van der Waals surface area contributed by atoms with Crippen LogP contribution in [-0.2, 0) is 0 Å². The summed E-state index contributed by atoms with van der Waals surface area (Å²) in [5.41, 5.74) is 2.12. The van der Waals surface area contributed by atoms with E-state index < -0.39 is 0 Å². The fraction of sp³-hybridized carbons (Fsp3) is 0.286. The third-order valence-electron chi connectivity index (χ3n) is 1.35. The molecule has 0 saturated carbocycles. The first kappa shape index (κ1) is 7.28. The summed E-state index contributed by atoms with van der Waals surface area (Å²) in [6.45, 7) is 2.04. The Labute approximate surface area is 64.4 Å². The molecule has 0 unspecified atom stereocenters. The number of hydrazone groups is 1. The van der Waals surface area contributed by atoms with Gasteiger partial charge < -0.3 is 5.84 Å². The van der Waals surface area contributed by atoms with E-state index in [1.165, 1.54) is 0 Å². The molecule has 0 spiro atoms. The Balaban J connectivity index is 2.85. The van der Waals surface area contributed by atoms with Gasteiger partial charge in [0, 0.05) is 5.56 Å². The van der Waals surface area contributed by atoms with Gasteiger partial charge in [-0.15, -0.1) is 0 Å². The first-order valence-electron chi connectivity index (χ1n) is 3.17. The van der Waals surface area contributed by atoms with Gasteiger partial charge in [-0.05, 0) is 23.2 Å². The first-order valence-corrected chi connectivity index (χ1v) is 4.12. The lowest BCUT2D eigenvalue weighted by atomic mass is 10.2. The number of thiophene rings is 1. The molecule has 0 radical (unpaired) electrons. The van der Waals surface area contributed by atoms with Crippen molar-refractivity contribution in [3.63, 3.8) is 0 Å². The number of hydrogen-bond donors (Lipinski definition) is 1. The van der Waals surface area contributed by atoms with Crippen molar-refractivity contribution in [2.45, 2.75) is 13.3 Å². The molecule has 0 aliphatic carbocycles. The molecule has 1 heterocycles. The van der Waals surface area contributed by atoms with Gasteiger partial charge in [0.25, 0.3) is 0 Å². The molecular formula is C7H10N2S. The minimum atomic E-state index is 0.896. The van der Waals surface area contributed by atoms with Gasteiger partial charge in [0.1, 0.15) is 0 Å². The monoisotopic (exact) mass is 154 g/mol. The predicted molar refractivity (Wildman–Crippen MR) is 45.3 cm³/mol. The number of nitrogens with two attached hydrogens (primary N) is 1. The maximum atomic E-state index is 5.17. The highest BCUT2D eigenvalue weighted by Crippen LogP contribution is 2.08. The van der Waals surface area contributed by atoms with Crippen LogP contribution in [0, 0.1) is 0 Å². The van der Waals surface area contributed by atoms with Gasteiger partial charge in [0.15, 0.2) is 0 Å². The number of rotatable bonds is 2. The lowest BCUT2D eigenvalue weighted by Gasteiger charge is -1.94. The summed E-state index contributed by atoms with van der Waals surface area (Å²) in [6, 6.07) is 2.03. The minimum absolute atomic E-state index is 0.896. The molecule has 0 amide bonds. The van der Waals surface area contributed by atoms with E-state index in [2.05, 4.69) is 10.5 Å². The molecule has 0 bridgehead atoms. The zero-order valence-corrected chi connectivity index (χ0v) is 6.69. The van der Waals surface area contributed by atoms with Crippen molar-refractivity contribution in [3.05, 3.63) is 22.4 Å². The molecule has 10 heavy (non-hydrogen) atoms. The molecule has 1 aromatic heterocycles. The highest BCUT2D eigenvalue weighted by Gasteiger charge is 1.98. The van der Waals surface area contributed by atoms with Crippen molar-refractivity contribution in [1.29, 1.82) is 0 Å². The average molecular weight is 154 g/mol. The van der Waals surface area contributed by atoms with E-state index in [-0.39, 0.29) is 0 Å². The summed E-state index contributed by atoms with van der Waals surface area (Å²) in [5.74, 6) is 5.17. The molecule has 0 aliphatic rings. The molecule has 0 aromatic carbocycles. The summed E-state index contributed by atoms with van der Waals surface area (Å²) in [6.07, 6.45) is 0.896. The van der Waals surface area contributed by atoms with Crippen molar-refractivity contribution in [2.24, 2.45) is 10.9 Å². The predicted octanol–water partition coefficient (Wildman–Crippen LogP) is 1.82. The Morgan fingerprint density at radius 1 is 1.80 bits per heavy atom. The topological polar surface area (TPSA) is 38.4 Å². The van der Waals surface area contributed by atoms with Crippen LogP contribution in [0.2, 0.25) is 0 Å². The average Bonchev–Trinajstić information content (AvgIpc) is 2.43. The van der Waals surface area contributed by atoms with Crippen LogP contribution in [0.15, 0.2) is 21.9 Å². The standard InChI is InChI=1S/C7H10N2S/c1-2-7(9-8)6-3-4-10-5-6/h3-5H,2,8H2,1H3/b9-7-. The maximum Gasteiger partial charge on any atom is 0.0678 e. The quantitative estimate of drug-likeness (QED) is 0.394. The van der Waals surface area contributed by atoms with E-state index in [0.717, 1.165) is 17.7 Å². The number of nitrogens with zero attached hydrogens (tertiary/aromatic N) is 1. The van der Waals surface area contributed by atoms with E-state index in [0.29, 0.717) is 0 Å². The van der Waals surface area contributed by atoms with Crippen LogP contribution in [0.5, 0.6) is 0 Å². The third kappa shape index (κ3) is 1.36. The van der Waals surface area contributed by atoms with Crippen LogP contribution in [0.25, 0.3) is 0 Å². The molecule has 1 aromatic rings. The fourth-order valence-electron chi connectivity index (χ4n) is 0.799. The third-order valence-corrected chi connectivity index (χ3v) is 2.03. The smallest absolute Gasteiger partial charge is 0.0678 e. The van der Waals surface area contributed by atoms with Crippen LogP contribution >= 0.6 is 11.3 Å². The Kier molecular flexibility index (Phi) is 2.45. The van der Waals surface area contributed by atoms with E-state index in [9.17, 15) is 0 Å². The Bertz CT molecular complexity index is 214. The summed E-state index contributed by atoms with van der Waals surface area (Å²) in [7, 11) is 0. The zero-order chi connectivity index (χ0) is 7.40. The normalized spacial score (nSPS) is 11.9. The largest absolute Gasteiger partial charge is 0.323 e. The Hall–Kier alpha value is -0.830. The van der Waals surface area contributed by atoms with Gasteiger partial charge in [-0.25, -0.2) is 0 Å². The molecule has 0 saturated heterocycles. The van der Waals surface area contributed by atoms with Crippen molar-refractivity contribution >= 4 is 17.0 Å². The van der Waals surface area contributed by atoms with Gasteiger partial charge in [0.05, 0.1) is 5.71 Å². The zero-order valence-electron chi connectivity index (χ0n) is 5.87. The van der Waals surface area contributed by atoms with E-state index in [1.54, 1.807) is 11.3 Å². The molecule has 54 valence electrons. The van der Waals surface area contributed by atoms with Crippen LogP contribution in [0.4, 0.5) is 0 Å². The van der Waals surface area contributed by atoms with Gasteiger partial charge in [-0.1, -0.05) is 6.92 Å². The van der Waals surface area contributed by atoms with Crippen LogP contribution < -0.4 is 5.84 Å². The Morgan fingerprint density at radius 3 is 3.00 bits per heavy atom. The highest BCUT2D eigenvalue weighted by atomic mass is 32.1. The van der Waals surface area contributed by atoms with Gasteiger partial charge >= 0.3 is 0 Å².